The van der Waals surface area contributed by atoms with Gasteiger partial charge in [-0.2, -0.15) is 0 Å². The van der Waals surface area contributed by atoms with Gasteiger partial charge in [0.25, 0.3) is 0 Å². The van der Waals surface area contributed by atoms with Gasteiger partial charge in [-0.25, -0.2) is 14.6 Å². The van der Waals surface area contributed by atoms with Crippen LogP contribution in [0.2, 0.25) is 0 Å². The second-order valence-electron chi connectivity index (χ2n) is 8.98. The quantitative estimate of drug-likeness (QED) is 0.531. The SMILES string of the molecule is COc1ccc(-c2cn3c(n2)C(OC2CCN(C)CC2)c2ccccc2CC3)cc1.O=C(O)C(=O)O. The number of carboxylic acid groups (broad SMARTS) is 2. The third kappa shape index (κ3) is 5.92. The number of imidazole rings is 1. The van der Waals surface area contributed by atoms with Gasteiger partial charge in [0.05, 0.1) is 18.9 Å². The molecule has 3 heterocycles. The van der Waals surface area contributed by atoms with Crippen LogP contribution in [0.5, 0.6) is 5.75 Å². The van der Waals surface area contributed by atoms with Crippen LogP contribution in [0.3, 0.4) is 0 Å². The molecule has 0 saturated carbocycles. The average molecular weight is 494 g/mol. The number of hydrogen-bond donors (Lipinski definition) is 2. The zero-order chi connectivity index (χ0) is 25.7. The van der Waals surface area contributed by atoms with E-state index in [0.717, 1.165) is 61.7 Å². The molecule has 36 heavy (non-hydrogen) atoms. The van der Waals surface area contributed by atoms with Crippen molar-refractivity contribution in [2.75, 3.05) is 27.2 Å². The van der Waals surface area contributed by atoms with Crippen molar-refractivity contribution in [1.82, 2.24) is 14.5 Å². The molecule has 1 fully saturated rings. The average Bonchev–Trinajstić information content (AvgIpc) is 3.26. The minimum Gasteiger partial charge on any atom is -0.497 e. The van der Waals surface area contributed by atoms with E-state index in [2.05, 4.69) is 59.1 Å². The van der Waals surface area contributed by atoms with Crippen LogP contribution < -0.4 is 4.74 Å². The molecule has 1 atom stereocenters. The highest BCUT2D eigenvalue weighted by molar-refractivity contribution is 6.27. The van der Waals surface area contributed by atoms with Crippen molar-refractivity contribution < 1.29 is 29.3 Å². The Morgan fingerprint density at radius 2 is 1.64 bits per heavy atom. The van der Waals surface area contributed by atoms with Crippen molar-refractivity contribution >= 4 is 11.9 Å². The number of methoxy groups -OCH3 is 1. The third-order valence-electron chi connectivity index (χ3n) is 6.56. The number of carboxylic acids is 2. The summed E-state index contributed by atoms with van der Waals surface area (Å²) in [6.45, 7) is 3.10. The summed E-state index contributed by atoms with van der Waals surface area (Å²) in [6.07, 6.45) is 5.46. The molecule has 0 aliphatic carbocycles. The lowest BCUT2D eigenvalue weighted by Crippen LogP contribution is -2.35. The summed E-state index contributed by atoms with van der Waals surface area (Å²) in [5.74, 6) is -1.77. The maximum absolute atomic E-state index is 9.10. The van der Waals surface area contributed by atoms with E-state index < -0.39 is 11.9 Å². The number of aliphatic carboxylic acids is 2. The summed E-state index contributed by atoms with van der Waals surface area (Å²) in [6, 6.07) is 16.8. The van der Waals surface area contributed by atoms with Crippen molar-refractivity contribution in [2.45, 2.75) is 38.0 Å². The molecule has 0 bridgehead atoms. The molecule has 1 unspecified atom stereocenters. The fraction of sp³-hybridized carbons (Fsp3) is 0.370. The Morgan fingerprint density at radius 1 is 0.972 bits per heavy atom. The summed E-state index contributed by atoms with van der Waals surface area (Å²) < 4.78 is 14.4. The normalized spacial score (nSPS) is 17.7. The number of aromatic nitrogens is 2. The van der Waals surface area contributed by atoms with Crippen LogP contribution in [-0.4, -0.2) is 70.0 Å². The Bertz CT molecular complexity index is 1190. The topological polar surface area (TPSA) is 114 Å². The summed E-state index contributed by atoms with van der Waals surface area (Å²) in [7, 11) is 3.88. The molecule has 0 radical (unpaired) electrons. The first-order valence-corrected chi connectivity index (χ1v) is 11.9. The Kier molecular flexibility index (Phi) is 8.02. The van der Waals surface area contributed by atoms with Crippen LogP contribution >= 0.6 is 0 Å². The minimum atomic E-state index is -1.82. The molecule has 5 rings (SSSR count). The molecule has 1 aromatic heterocycles. The van der Waals surface area contributed by atoms with E-state index in [-0.39, 0.29) is 12.2 Å². The number of likely N-dealkylation sites (tertiary alicyclic amines) is 1. The summed E-state index contributed by atoms with van der Waals surface area (Å²) in [4.78, 5) is 25.7. The predicted octanol–water partition coefficient (Wildman–Crippen LogP) is 3.47. The van der Waals surface area contributed by atoms with Gasteiger partial charge >= 0.3 is 11.9 Å². The number of rotatable bonds is 4. The van der Waals surface area contributed by atoms with Gasteiger partial charge in [0.1, 0.15) is 17.7 Å². The number of aryl methyl sites for hydroxylation is 2. The second-order valence-corrected chi connectivity index (χ2v) is 8.98. The van der Waals surface area contributed by atoms with Crippen LogP contribution in [0.15, 0.2) is 54.7 Å². The summed E-state index contributed by atoms with van der Waals surface area (Å²) in [5, 5.41) is 14.8. The van der Waals surface area contributed by atoms with Gasteiger partial charge in [-0.15, -0.1) is 0 Å². The predicted molar refractivity (Wildman–Crippen MR) is 133 cm³/mol. The smallest absolute Gasteiger partial charge is 0.414 e. The first-order chi connectivity index (χ1) is 17.4. The first-order valence-electron chi connectivity index (χ1n) is 11.9. The van der Waals surface area contributed by atoms with Gasteiger partial charge in [0.2, 0.25) is 0 Å². The molecule has 2 aliphatic rings. The van der Waals surface area contributed by atoms with Gasteiger partial charge in [-0.1, -0.05) is 24.3 Å². The molecule has 9 heteroatoms. The number of piperidine rings is 1. The van der Waals surface area contributed by atoms with Crippen LogP contribution in [0.4, 0.5) is 0 Å². The van der Waals surface area contributed by atoms with Gasteiger partial charge in [0.15, 0.2) is 0 Å². The van der Waals surface area contributed by atoms with Crippen LogP contribution in [-0.2, 0) is 27.3 Å². The molecule has 190 valence electrons. The van der Waals surface area contributed by atoms with E-state index in [9.17, 15) is 0 Å². The number of ether oxygens (including phenoxy) is 2. The minimum absolute atomic E-state index is 0.121. The highest BCUT2D eigenvalue weighted by Crippen LogP contribution is 2.36. The molecule has 0 spiro atoms. The van der Waals surface area contributed by atoms with Crippen molar-refractivity contribution in [3.8, 4) is 17.0 Å². The largest absolute Gasteiger partial charge is 0.497 e. The monoisotopic (exact) mass is 493 g/mol. The zero-order valence-electron chi connectivity index (χ0n) is 20.5. The Hall–Kier alpha value is -3.69. The van der Waals surface area contributed by atoms with Crippen LogP contribution in [0, 0.1) is 0 Å². The number of carbonyl (C=O) groups is 2. The fourth-order valence-electron chi connectivity index (χ4n) is 4.56. The van der Waals surface area contributed by atoms with Gasteiger partial charge in [-0.3, -0.25) is 0 Å². The van der Waals surface area contributed by atoms with E-state index in [1.165, 1.54) is 11.1 Å². The van der Waals surface area contributed by atoms with Crippen LogP contribution in [0.25, 0.3) is 11.3 Å². The lowest BCUT2D eigenvalue weighted by molar-refractivity contribution is -0.159. The van der Waals surface area contributed by atoms with Gasteiger partial charge in [0, 0.05) is 31.4 Å². The zero-order valence-corrected chi connectivity index (χ0v) is 20.5. The molecule has 2 aliphatic heterocycles. The molecule has 1 saturated heterocycles. The molecule has 2 aromatic carbocycles. The Morgan fingerprint density at radius 3 is 2.28 bits per heavy atom. The summed E-state index contributed by atoms with van der Waals surface area (Å²) in [5.41, 5.74) is 4.72. The molecule has 2 N–H and O–H groups in total. The first kappa shape index (κ1) is 25.4. The molecule has 9 nitrogen and oxygen atoms in total. The van der Waals surface area contributed by atoms with E-state index in [1.807, 2.05) is 12.1 Å². The highest BCUT2D eigenvalue weighted by atomic mass is 16.5. The lowest BCUT2D eigenvalue weighted by Gasteiger charge is -2.32. The van der Waals surface area contributed by atoms with E-state index in [0.29, 0.717) is 0 Å². The maximum Gasteiger partial charge on any atom is 0.414 e. The van der Waals surface area contributed by atoms with E-state index in [1.54, 1.807) is 7.11 Å². The number of benzene rings is 2. The second kappa shape index (κ2) is 11.4. The molecule has 0 amide bonds. The Balaban J connectivity index is 0.000000455. The van der Waals surface area contributed by atoms with Crippen molar-refractivity contribution in [2.24, 2.45) is 0 Å². The molecular weight excluding hydrogens is 462 g/mol. The maximum atomic E-state index is 9.10. The van der Waals surface area contributed by atoms with E-state index >= 15 is 0 Å². The van der Waals surface area contributed by atoms with Gasteiger partial charge < -0.3 is 29.2 Å². The Labute approximate surface area is 209 Å². The lowest BCUT2D eigenvalue weighted by atomic mass is 10.00. The van der Waals surface area contributed by atoms with Gasteiger partial charge in [-0.05, 0) is 61.7 Å². The third-order valence-corrected chi connectivity index (χ3v) is 6.56. The fourth-order valence-corrected chi connectivity index (χ4v) is 4.56. The number of nitrogens with zero attached hydrogens (tertiary/aromatic N) is 3. The van der Waals surface area contributed by atoms with Crippen molar-refractivity contribution in [1.29, 1.82) is 0 Å². The van der Waals surface area contributed by atoms with Crippen LogP contribution in [0.1, 0.15) is 35.9 Å². The van der Waals surface area contributed by atoms with Crippen molar-refractivity contribution in [3.05, 3.63) is 71.7 Å². The van der Waals surface area contributed by atoms with Crippen molar-refractivity contribution in [3.63, 3.8) is 0 Å². The molecule has 3 aromatic rings. The van der Waals surface area contributed by atoms with E-state index in [4.69, 9.17) is 34.3 Å². The number of hydrogen-bond acceptors (Lipinski definition) is 6. The molecular formula is C27H31N3O6. The number of fused-ring (bicyclic) bond motifs is 2. The standard InChI is InChI=1S/C25H29N3O2.C2H2O4/c1-27-14-12-21(13-15-27)30-24-22-6-4-3-5-18(22)11-16-28-17-23(26-25(24)28)19-7-9-20(29-2)10-8-19;3-1(4)2(5)6/h3-10,17,21,24H,11-16H2,1-2H3;(H,3,4)(H,5,6). The highest BCUT2D eigenvalue weighted by Gasteiger charge is 2.30. The summed E-state index contributed by atoms with van der Waals surface area (Å²) >= 11 is 0.